The van der Waals surface area contributed by atoms with Gasteiger partial charge < -0.3 is 0 Å². The van der Waals surface area contributed by atoms with Gasteiger partial charge in [-0.1, -0.05) is 12.1 Å². The predicted molar refractivity (Wildman–Crippen MR) is 96.3 cm³/mol. The van der Waals surface area contributed by atoms with Crippen LogP contribution in [0.3, 0.4) is 0 Å². The molecule has 0 aliphatic carbocycles. The van der Waals surface area contributed by atoms with Crippen molar-refractivity contribution in [3.8, 4) is 0 Å². The van der Waals surface area contributed by atoms with Crippen LogP contribution in [0.5, 0.6) is 0 Å². The lowest BCUT2D eigenvalue weighted by atomic mass is 9.91. The van der Waals surface area contributed by atoms with Crippen molar-refractivity contribution in [3.05, 3.63) is 64.1 Å². The second kappa shape index (κ2) is 7.37. The highest BCUT2D eigenvalue weighted by Gasteiger charge is 2.20. The van der Waals surface area contributed by atoms with E-state index in [1.807, 2.05) is 12.1 Å². The Kier molecular flexibility index (Phi) is 4.79. The summed E-state index contributed by atoms with van der Waals surface area (Å²) in [6.07, 6.45) is 5.90. The molecule has 0 spiro atoms. The maximum absolute atomic E-state index is 13.0. The molecule has 1 saturated heterocycles. The predicted octanol–water partition coefficient (Wildman–Crippen LogP) is 2.40. The largest absolute Gasteiger partial charge is 0.297 e. The van der Waals surface area contributed by atoms with Crippen molar-refractivity contribution in [1.29, 1.82) is 0 Å². The number of likely N-dealkylation sites (tertiary alicyclic amines) is 1. The molecule has 1 fully saturated rings. The van der Waals surface area contributed by atoms with Crippen LogP contribution < -0.4 is 5.56 Å². The number of halogens is 1. The number of fused-ring (bicyclic) bond motifs is 1. The highest BCUT2D eigenvalue weighted by molar-refractivity contribution is 5.26. The molecule has 0 saturated carbocycles. The summed E-state index contributed by atoms with van der Waals surface area (Å²) in [6.45, 7) is 2.70. The minimum Gasteiger partial charge on any atom is -0.297 e. The summed E-state index contributed by atoms with van der Waals surface area (Å²) in [4.78, 5) is 23.0. The number of aryl methyl sites for hydroxylation is 1. The van der Waals surface area contributed by atoms with E-state index in [0.717, 1.165) is 38.0 Å². The molecule has 1 aliphatic heterocycles. The summed E-state index contributed by atoms with van der Waals surface area (Å²) in [5.41, 5.74) is 1.82. The van der Waals surface area contributed by atoms with Gasteiger partial charge in [0, 0.05) is 19.2 Å². The molecule has 0 amide bonds. The van der Waals surface area contributed by atoms with Crippen molar-refractivity contribution in [2.24, 2.45) is 5.92 Å². The smallest absolute Gasteiger partial charge is 0.274 e. The van der Waals surface area contributed by atoms with Gasteiger partial charge in [0.2, 0.25) is 0 Å². The lowest BCUT2D eigenvalue weighted by Crippen LogP contribution is -2.35. The first-order valence-corrected chi connectivity index (χ1v) is 9.06. The number of nitrogens with zero attached hydrogens (tertiary/aromatic N) is 4. The van der Waals surface area contributed by atoms with Crippen molar-refractivity contribution >= 4 is 5.78 Å². The molecular weight excluding hydrogens is 333 g/mol. The van der Waals surface area contributed by atoms with Crippen molar-refractivity contribution < 1.29 is 4.39 Å². The van der Waals surface area contributed by atoms with Gasteiger partial charge in [-0.3, -0.25) is 14.8 Å². The Hall–Kier alpha value is -2.54. The Morgan fingerprint density at radius 2 is 2.12 bits per heavy atom. The number of rotatable bonds is 5. The van der Waals surface area contributed by atoms with Gasteiger partial charge in [0.1, 0.15) is 12.1 Å². The summed E-state index contributed by atoms with van der Waals surface area (Å²) >= 11 is 0. The second-order valence-corrected chi connectivity index (χ2v) is 7.02. The monoisotopic (exact) mass is 355 g/mol. The number of benzene rings is 1. The second-order valence-electron chi connectivity index (χ2n) is 7.02. The van der Waals surface area contributed by atoms with Gasteiger partial charge in [-0.15, -0.1) is 0 Å². The number of aromatic amines is 1. The average Bonchev–Trinajstić information content (AvgIpc) is 3.11. The van der Waals surface area contributed by atoms with Gasteiger partial charge in [-0.25, -0.2) is 14.4 Å². The van der Waals surface area contributed by atoms with E-state index in [9.17, 15) is 9.18 Å². The van der Waals surface area contributed by atoms with E-state index < -0.39 is 0 Å². The molecule has 2 aromatic heterocycles. The van der Waals surface area contributed by atoms with Gasteiger partial charge in [0.15, 0.2) is 0 Å². The number of piperidine rings is 1. The number of H-pyrrole nitrogens is 1. The lowest BCUT2D eigenvalue weighted by Gasteiger charge is -2.32. The minimum absolute atomic E-state index is 0.132. The van der Waals surface area contributed by atoms with Gasteiger partial charge in [0.05, 0.1) is 5.69 Å². The van der Waals surface area contributed by atoms with Crippen LogP contribution in [-0.2, 0) is 13.0 Å². The molecule has 1 aliphatic rings. The SMILES string of the molecule is O=c1cc(CN2CCCC(CCc3ccc(F)cc3)C2)nc2nc[nH]n12. The Morgan fingerprint density at radius 1 is 1.27 bits per heavy atom. The van der Waals surface area contributed by atoms with Crippen LogP contribution >= 0.6 is 0 Å². The molecule has 1 aromatic carbocycles. The maximum Gasteiger partial charge on any atom is 0.274 e. The van der Waals surface area contributed by atoms with Gasteiger partial charge >= 0.3 is 0 Å². The zero-order valence-corrected chi connectivity index (χ0v) is 14.6. The first kappa shape index (κ1) is 16.9. The average molecular weight is 355 g/mol. The fourth-order valence-electron chi connectivity index (χ4n) is 3.73. The summed E-state index contributed by atoms with van der Waals surface area (Å²) in [5, 5.41) is 2.75. The summed E-state index contributed by atoms with van der Waals surface area (Å²) in [6, 6.07) is 8.36. The van der Waals surface area contributed by atoms with Gasteiger partial charge in [-0.05, 0) is 55.8 Å². The van der Waals surface area contributed by atoms with Gasteiger partial charge in [0.25, 0.3) is 11.3 Å². The molecule has 1 N–H and O–H groups in total. The van der Waals surface area contributed by atoms with Crippen LogP contribution in [0.1, 0.15) is 30.5 Å². The number of aromatic nitrogens is 4. The minimum atomic E-state index is -0.185. The van der Waals surface area contributed by atoms with Crippen molar-refractivity contribution in [3.63, 3.8) is 0 Å². The van der Waals surface area contributed by atoms with Crippen LogP contribution in [0.2, 0.25) is 0 Å². The zero-order valence-electron chi connectivity index (χ0n) is 14.6. The third-order valence-electron chi connectivity index (χ3n) is 5.06. The Labute approximate surface area is 150 Å². The quantitative estimate of drug-likeness (QED) is 0.763. The fraction of sp³-hybridized carbons (Fsp3) is 0.421. The van der Waals surface area contributed by atoms with E-state index in [2.05, 4.69) is 20.0 Å². The summed E-state index contributed by atoms with van der Waals surface area (Å²) in [7, 11) is 0. The molecule has 1 atom stereocenters. The van der Waals surface area contributed by atoms with E-state index in [1.165, 1.54) is 35.0 Å². The van der Waals surface area contributed by atoms with Crippen molar-refractivity contribution in [2.45, 2.75) is 32.2 Å². The van der Waals surface area contributed by atoms with E-state index in [-0.39, 0.29) is 11.4 Å². The molecule has 0 radical (unpaired) electrons. The Bertz CT molecular complexity index is 933. The van der Waals surface area contributed by atoms with Crippen LogP contribution in [0, 0.1) is 11.7 Å². The van der Waals surface area contributed by atoms with Crippen molar-refractivity contribution in [2.75, 3.05) is 13.1 Å². The van der Waals surface area contributed by atoms with E-state index in [0.29, 0.717) is 18.2 Å². The molecule has 6 nitrogen and oxygen atoms in total. The van der Waals surface area contributed by atoms with Crippen molar-refractivity contribution in [1.82, 2.24) is 24.5 Å². The van der Waals surface area contributed by atoms with Crippen LogP contribution in [0.15, 0.2) is 41.5 Å². The first-order chi connectivity index (χ1) is 12.7. The van der Waals surface area contributed by atoms with Gasteiger partial charge in [-0.2, -0.15) is 4.52 Å². The number of nitrogens with one attached hydrogen (secondary N) is 1. The zero-order chi connectivity index (χ0) is 17.9. The van der Waals surface area contributed by atoms with E-state index in [4.69, 9.17) is 0 Å². The van der Waals surface area contributed by atoms with Crippen LogP contribution in [-0.4, -0.2) is 37.6 Å². The molecule has 0 bridgehead atoms. The topological polar surface area (TPSA) is 66.3 Å². The molecule has 26 heavy (non-hydrogen) atoms. The number of hydrogen-bond donors (Lipinski definition) is 1. The highest BCUT2D eigenvalue weighted by Crippen LogP contribution is 2.22. The Balaban J connectivity index is 1.36. The van der Waals surface area contributed by atoms with E-state index in [1.54, 1.807) is 6.07 Å². The standard InChI is InChI=1S/C19H22FN5O/c20-16-7-5-14(6-8-16)3-4-15-2-1-9-24(11-15)12-17-10-18(26)25-19(23-17)21-13-22-25/h5-8,10,13,15H,1-4,9,11-12H2,(H,21,22,23). The fourth-order valence-corrected chi connectivity index (χ4v) is 3.73. The maximum atomic E-state index is 13.0. The molecular formula is C19H22FN5O. The normalized spacial score (nSPS) is 18.4. The molecule has 3 aromatic rings. The molecule has 136 valence electrons. The first-order valence-electron chi connectivity index (χ1n) is 9.06. The molecule has 3 heterocycles. The Morgan fingerprint density at radius 3 is 2.96 bits per heavy atom. The summed E-state index contributed by atoms with van der Waals surface area (Å²) < 4.78 is 14.3. The molecule has 7 heteroatoms. The van der Waals surface area contributed by atoms with E-state index >= 15 is 0 Å². The number of hydrogen-bond acceptors (Lipinski definition) is 4. The van der Waals surface area contributed by atoms with Crippen LogP contribution in [0.25, 0.3) is 5.78 Å². The molecule has 1 unspecified atom stereocenters. The third kappa shape index (κ3) is 3.83. The molecule has 4 rings (SSSR count). The lowest BCUT2D eigenvalue weighted by molar-refractivity contribution is 0.160. The third-order valence-corrected chi connectivity index (χ3v) is 5.06. The van der Waals surface area contributed by atoms with Crippen LogP contribution in [0.4, 0.5) is 4.39 Å². The highest BCUT2D eigenvalue weighted by atomic mass is 19.1. The summed E-state index contributed by atoms with van der Waals surface area (Å²) in [5.74, 6) is 0.844.